The molecule has 7 rings (SSSR count). The van der Waals surface area contributed by atoms with Crippen LogP contribution in [0.5, 0.6) is 0 Å². The molecular formula is C47H64FN9O9. The monoisotopic (exact) mass is 917 g/mol. The minimum atomic E-state index is -0.722. The Balaban J connectivity index is 0.722. The van der Waals surface area contributed by atoms with Crippen LogP contribution in [0.3, 0.4) is 0 Å². The molecule has 3 aromatic heterocycles. The van der Waals surface area contributed by atoms with Gasteiger partial charge in [0.2, 0.25) is 17.7 Å². The number of likely N-dealkylation sites (tertiary alicyclic amines) is 1. The van der Waals surface area contributed by atoms with E-state index in [2.05, 4.69) is 20.1 Å². The van der Waals surface area contributed by atoms with Crippen LogP contribution in [-0.2, 0) is 38.1 Å². The number of pyridine rings is 1. The highest BCUT2D eigenvalue weighted by molar-refractivity contribution is 5.89. The molecule has 3 aliphatic rings. The molecule has 6 heterocycles. The van der Waals surface area contributed by atoms with Crippen molar-refractivity contribution in [3.05, 3.63) is 72.2 Å². The molecule has 18 nitrogen and oxygen atoms in total. The smallest absolute Gasteiger partial charge is 0.248 e. The van der Waals surface area contributed by atoms with E-state index < -0.39 is 17.6 Å². The standard InChI is InChI=1S/C47H64FN9O9/c1-47(2,3)45(46(61)55-16-14-36(58)31-55)51-43(59)32-65-27-25-63-23-21-62-22-24-64-26-28-66-33-44(60)54-19-17-53(18-20-54)41-11-5-9-37(50-41)39-30-49-40-12-13-42(52-57(39)40)56-15-6-10-38(56)34-7-4-8-35(48)29-34/h4-5,7-9,11-13,29-30,36,38,45,58H,6,10,14-28,31-33H2,1-3H3,(H,51,59)/t36?,38-,45-/m1/s1. The Hall–Kier alpha value is -5.31. The number of aliphatic hydroxyl groups excluding tert-OH is 1. The lowest BCUT2D eigenvalue weighted by Gasteiger charge is -2.35. The van der Waals surface area contributed by atoms with Gasteiger partial charge in [0.25, 0.3) is 0 Å². The van der Waals surface area contributed by atoms with Crippen molar-refractivity contribution in [1.29, 1.82) is 0 Å². The number of β-amino-alcohol motifs (C(OH)–C–C–N with tert-alkyl or cyclic N) is 1. The van der Waals surface area contributed by atoms with Crippen molar-refractivity contribution >= 4 is 35.0 Å². The van der Waals surface area contributed by atoms with Crippen LogP contribution in [0.15, 0.2) is 60.8 Å². The average Bonchev–Trinajstić information content (AvgIpc) is 4.09. The zero-order valence-electron chi connectivity index (χ0n) is 38.3. The van der Waals surface area contributed by atoms with Gasteiger partial charge in [-0.3, -0.25) is 14.4 Å². The minimum Gasteiger partial charge on any atom is -0.391 e. The number of hydrogen-bond acceptors (Lipinski definition) is 14. The van der Waals surface area contributed by atoms with Crippen LogP contribution in [0.1, 0.15) is 51.6 Å². The van der Waals surface area contributed by atoms with Crippen LogP contribution < -0.4 is 15.1 Å². The molecule has 1 unspecified atom stereocenters. The summed E-state index contributed by atoms with van der Waals surface area (Å²) in [6.07, 6.45) is 3.71. The van der Waals surface area contributed by atoms with E-state index >= 15 is 0 Å². The Morgan fingerprint density at radius 3 is 2.14 bits per heavy atom. The number of aromatic nitrogens is 4. The van der Waals surface area contributed by atoms with E-state index in [1.54, 1.807) is 23.2 Å². The number of halogens is 1. The number of hydrogen-bond donors (Lipinski definition) is 2. The van der Waals surface area contributed by atoms with Gasteiger partial charge in [0.05, 0.1) is 76.9 Å². The lowest BCUT2D eigenvalue weighted by atomic mass is 9.85. The van der Waals surface area contributed by atoms with E-state index in [1.165, 1.54) is 6.07 Å². The van der Waals surface area contributed by atoms with E-state index in [4.69, 9.17) is 33.8 Å². The number of amides is 3. The highest BCUT2D eigenvalue weighted by Gasteiger charge is 2.38. The molecule has 3 saturated heterocycles. The molecule has 4 aromatic rings. The highest BCUT2D eigenvalue weighted by Crippen LogP contribution is 2.36. The first-order valence-electron chi connectivity index (χ1n) is 23.0. The quantitative estimate of drug-likeness (QED) is 0.110. The average molecular weight is 918 g/mol. The number of imidazole rings is 1. The van der Waals surface area contributed by atoms with Gasteiger partial charge in [0, 0.05) is 45.8 Å². The number of carbonyl (C=O) groups is 3. The van der Waals surface area contributed by atoms with Crippen molar-refractivity contribution < 1.29 is 47.6 Å². The number of fused-ring (bicyclic) bond motifs is 1. The summed E-state index contributed by atoms with van der Waals surface area (Å²) in [4.78, 5) is 55.8. The second-order valence-electron chi connectivity index (χ2n) is 17.8. The summed E-state index contributed by atoms with van der Waals surface area (Å²) in [5.74, 6) is 0.720. The number of nitrogens with zero attached hydrogens (tertiary/aromatic N) is 8. The number of anilines is 2. The number of benzene rings is 1. The lowest BCUT2D eigenvalue weighted by molar-refractivity contribution is -0.140. The molecule has 19 heteroatoms. The second kappa shape index (κ2) is 23.4. The lowest BCUT2D eigenvalue weighted by Crippen LogP contribution is -2.55. The summed E-state index contributed by atoms with van der Waals surface area (Å²) in [6.45, 7) is 11.9. The summed E-state index contributed by atoms with van der Waals surface area (Å²) >= 11 is 0. The topological polar surface area (TPSA) is 186 Å². The van der Waals surface area contributed by atoms with Gasteiger partial charge >= 0.3 is 0 Å². The maximum Gasteiger partial charge on any atom is 0.248 e. The van der Waals surface area contributed by atoms with Crippen LogP contribution in [0.25, 0.3) is 17.0 Å². The minimum absolute atomic E-state index is 0.0232. The van der Waals surface area contributed by atoms with Crippen molar-refractivity contribution in [2.45, 2.75) is 58.2 Å². The number of aliphatic hydroxyl groups is 1. The predicted octanol–water partition coefficient (Wildman–Crippen LogP) is 3.13. The Morgan fingerprint density at radius 1 is 0.788 bits per heavy atom. The van der Waals surface area contributed by atoms with Crippen LogP contribution in [0, 0.1) is 11.2 Å². The Labute approximate surface area is 385 Å². The van der Waals surface area contributed by atoms with Gasteiger partial charge in [-0.05, 0) is 66.6 Å². The first kappa shape index (κ1) is 48.6. The molecule has 66 heavy (non-hydrogen) atoms. The highest BCUT2D eigenvalue weighted by atomic mass is 19.1. The summed E-state index contributed by atoms with van der Waals surface area (Å²) in [5.41, 5.74) is 2.66. The number of ether oxygens (including phenoxy) is 5. The Kier molecular flexibility index (Phi) is 17.3. The van der Waals surface area contributed by atoms with Crippen molar-refractivity contribution in [1.82, 2.24) is 34.7 Å². The molecule has 2 N–H and O–H groups in total. The molecule has 3 atom stereocenters. The molecule has 3 aliphatic heterocycles. The summed E-state index contributed by atoms with van der Waals surface area (Å²) in [5, 5.41) is 17.6. The predicted molar refractivity (Wildman–Crippen MR) is 243 cm³/mol. The van der Waals surface area contributed by atoms with Gasteiger partial charge in [-0.2, -0.15) is 0 Å². The first-order valence-corrected chi connectivity index (χ1v) is 23.0. The third kappa shape index (κ3) is 13.2. The molecule has 0 radical (unpaired) electrons. The van der Waals surface area contributed by atoms with Crippen LogP contribution in [-0.4, -0.2) is 176 Å². The zero-order chi connectivity index (χ0) is 46.5. The summed E-state index contributed by atoms with van der Waals surface area (Å²) in [6, 6.07) is 15.9. The van der Waals surface area contributed by atoms with E-state index in [-0.39, 0.29) is 69.2 Å². The molecule has 0 spiro atoms. The second-order valence-corrected chi connectivity index (χ2v) is 17.8. The molecule has 358 valence electrons. The van der Waals surface area contributed by atoms with E-state index in [1.807, 2.05) is 66.6 Å². The van der Waals surface area contributed by atoms with Crippen molar-refractivity contribution in [3.8, 4) is 11.4 Å². The fourth-order valence-corrected chi connectivity index (χ4v) is 8.39. The van der Waals surface area contributed by atoms with Gasteiger partial charge < -0.3 is 53.7 Å². The normalized spacial score (nSPS) is 18.4. The van der Waals surface area contributed by atoms with Crippen molar-refractivity contribution in [2.24, 2.45) is 5.41 Å². The van der Waals surface area contributed by atoms with Crippen LogP contribution in [0.2, 0.25) is 0 Å². The van der Waals surface area contributed by atoms with Gasteiger partial charge in [-0.25, -0.2) is 18.9 Å². The number of piperazine rings is 1. The van der Waals surface area contributed by atoms with Gasteiger partial charge in [0.1, 0.15) is 42.4 Å². The summed E-state index contributed by atoms with van der Waals surface area (Å²) < 4.78 is 43.6. The third-order valence-corrected chi connectivity index (χ3v) is 11.9. The van der Waals surface area contributed by atoms with Crippen LogP contribution in [0.4, 0.5) is 16.0 Å². The molecular weight excluding hydrogens is 854 g/mol. The molecule has 0 saturated carbocycles. The number of rotatable bonds is 22. The molecule has 3 amide bonds. The third-order valence-electron chi connectivity index (χ3n) is 11.9. The zero-order valence-corrected chi connectivity index (χ0v) is 38.3. The summed E-state index contributed by atoms with van der Waals surface area (Å²) in [7, 11) is 0. The maximum absolute atomic E-state index is 14.1. The number of carbonyl (C=O) groups excluding carboxylic acids is 3. The van der Waals surface area contributed by atoms with Crippen molar-refractivity contribution in [3.63, 3.8) is 0 Å². The van der Waals surface area contributed by atoms with E-state index in [0.717, 1.165) is 48.0 Å². The van der Waals surface area contributed by atoms with Crippen LogP contribution >= 0.6 is 0 Å². The fourth-order valence-electron chi connectivity index (χ4n) is 8.39. The Morgan fingerprint density at radius 2 is 1.47 bits per heavy atom. The largest absolute Gasteiger partial charge is 0.391 e. The van der Waals surface area contributed by atoms with E-state index in [0.29, 0.717) is 77.8 Å². The molecule has 1 aromatic carbocycles. The van der Waals surface area contributed by atoms with E-state index in [9.17, 15) is 23.9 Å². The maximum atomic E-state index is 14.1. The fraction of sp³-hybridized carbons (Fsp3) is 0.574. The molecule has 0 bridgehead atoms. The first-order chi connectivity index (χ1) is 31.9. The molecule has 0 aliphatic carbocycles. The van der Waals surface area contributed by atoms with Crippen molar-refractivity contribution in [2.75, 3.05) is 122 Å². The van der Waals surface area contributed by atoms with Gasteiger partial charge in [-0.1, -0.05) is 39.0 Å². The number of nitrogens with one attached hydrogen (secondary N) is 1. The molecule has 3 fully saturated rings. The Bertz CT molecular complexity index is 2220. The van der Waals surface area contributed by atoms with Gasteiger partial charge in [-0.15, -0.1) is 5.10 Å². The SMILES string of the molecule is CC(C)(C)[C@H](NC(=O)COCCOCCOCCOCCOCC(=O)N1CCN(c2cccc(-c3cnc4ccc(N5CCC[C@@H]5c5cccc(F)c5)nn34)n2)CC1)C(=O)N1CCC(O)C1. The van der Waals surface area contributed by atoms with Gasteiger partial charge in [0.15, 0.2) is 5.65 Å².